The second-order valence-corrected chi connectivity index (χ2v) is 5.29. The van der Waals surface area contributed by atoms with E-state index in [0.717, 1.165) is 11.1 Å². The van der Waals surface area contributed by atoms with Crippen LogP contribution < -0.4 is 5.32 Å². The highest BCUT2D eigenvalue weighted by atomic mass is 16.5. The van der Waals surface area contributed by atoms with Crippen LogP contribution in [0.5, 0.6) is 0 Å². The monoisotopic (exact) mass is 305 g/mol. The van der Waals surface area contributed by atoms with Crippen molar-refractivity contribution in [3.8, 4) is 0 Å². The van der Waals surface area contributed by atoms with Gasteiger partial charge in [0, 0.05) is 0 Å². The topological polar surface area (TPSA) is 75.6 Å². The van der Waals surface area contributed by atoms with Crippen molar-refractivity contribution in [1.29, 1.82) is 0 Å². The number of carboxylic acids is 1. The maximum atomic E-state index is 12.1. The summed E-state index contributed by atoms with van der Waals surface area (Å²) in [5.41, 5.74) is 2.45. The molecule has 120 valence electrons. The average Bonchev–Trinajstić information content (AvgIpc) is 2.43. The number of aliphatic carboxylic acids is 1. The van der Waals surface area contributed by atoms with Gasteiger partial charge in [0.15, 0.2) is 6.04 Å². The van der Waals surface area contributed by atoms with Gasteiger partial charge in [-0.2, -0.15) is 0 Å². The molecule has 2 atom stereocenters. The molecule has 0 spiro atoms. The van der Waals surface area contributed by atoms with E-state index in [4.69, 9.17) is 4.74 Å². The number of hydrogen-bond acceptors (Lipinski definition) is 3. The van der Waals surface area contributed by atoms with Gasteiger partial charge in [-0.05, 0) is 32.8 Å². The molecule has 0 aliphatic heterocycles. The highest BCUT2D eigenvalue weighted by molar-refractivity contribution is 5.86. The number of carbonyl (C=O) groups is 2. The molecule has 5 nitrogen and oxygen atoms in total. The lowest BCUT2D eigenvalue weighted by atomic mass is 10.0. The number of carboxylic acid groups (broad SMARTS) is 1. The number of ether oxygens (including phenoxy) is 1. The fourth-order valence-corrected chi connectivity index (χ4v) is 2.13. The summed E-state index contributed by atoms with van der Waals surface area (Å²) in [5, 5.41) is 11.9. The van der Waals surface area contributed by atoms with Crippen LogP contribution in [-0.2, 0) is 14.3 Å². The van der Waals surface area contributed by atoms with Crippen LogP contribution in [0.3, 0.4) is 0 Å². The van der Waals surface area contributed by atoms with Gasteiger partial charge in [-0.15, -0.1) is 6.58 Å². The molecule has 0 aromatic heterocycles. The van der Waals surface area contributed by atoms with Crippen molar-refractivity contribution in [1.82, 2.24) is 5.32 Å². The maximum Gasteiger partial charge on any atom is 0.330 e. The van der Waals surface area contributed by atoms with Crippen molar-refractivity contribution in [2.75, 3.05) is 6.61 Å². The summed E-state index contributed by atoms with van der Waals surface area (Å²) in [6.07, 6.45) is 1.62. The molecule has 0 aliphatic rings. The first-order chi connectivity index (χ1) is 10.3. The third kappa shape index (κ3) is 5.33. The Bertz CT molecular complexity index is 533. The normalized spacial score (nSPS) is 13.2. The molecule has 2 N–H and O–H groups in total. The Morgan fingerprint density at radius 2 is 1.91 bits per heavy atom. The highest BCUT2D eigenvalue weighted by Gasteiger charge is 2.25. The smallest absolute Gasteiger partial charge is 0.330 e. The number of benzene rings is 1. The first-order valence-electron chi connectivity index (χ1n) is 7.19. The second-order valence-electron chi connectivity index (χ2n) is 5.29. The van der Waals surface area contributed by atoms with E-state index in [0.29, 0.717) is 18.6 Å². The van der Waals surface area contributed by atoms with Crippen molar-refractivity contribution >= 4 is 11.9 Å². The lowest BCUT2D eigenvalue weighted by Crippen LogP contribution is -2.40. The molecule has 1 aromatic rings. The third-order valence-corrected chi connectivity index (χ3v) is 3.17. The maximum absolute atomic E-state index is 12.1. The predicted octanol–water partition coefficient (Wildman–Crippen LogP) is 2.53. The Kier molecular flexibility index (Phi) is 6.79. The SMILES string of the molecule is C=CCCOC(C)C(=O)NC(C(=O)O)c1cc(C)cc(C)c1. The third-order valence-electron chi connectivity index (χ3n) is 3.17. The zero-order valence-electron chi connectivity index (χ0n) is 13.3. The summed E-state index contributed by atoms with van der Waals surface area (Å²) >= 11 is 0. The van der Waals surface area contributed by atoms with Crippen LogP contribution >= 0.6 is 0 Å². The minimum atomic E-state index is -1.10. The molecule has 5 heteroatoms. The second kappa shape index (κ2) is 8.34. The largest absolute Gasteiger partial charge is 0.479 e. The van der Waals surface area contributed by atoms with Crippen molar-refractivity contribution in [2.45, 2.75) is 39.3 Å². The summed E-state index contributed by atoms with van der Waals surface area (Å²) in [7, 11) is 0. The van der Waals surface area contributed by atoms with Gasteiger partial charge in [-0.3, -0.25) is 4.79 Å². The summed E-state index contributed by atoms with van der Waals surface area (Å²) < 4.78 is 5.33. The molecule has 2 unspecified atom stereocenters. The van der Waals surface area contributed by atoms with Gasteiger partial charge < -0.3 is 15.2 Å². The highest BCUT2D eigenvalue weighted by Crippen LogP contribution is 2.18. The van der Waals surface area contributed by atoms with Gasteiger partial charge in [0.05, 0.1) is 6.61 Å². The predicted molar refractivity (Wildman–Crippen MR) is 84.7 cm³/mol. The molecule has 1 rings (SSSR count). The summed E-state index contributed by atoms with van der Waals surface area (Å²) in [4.78, 5) is 23.5. The molecular formula is C17H23NO4. The molecule has 1 aromatic carbocycles. The fraction of sp³-hybridized carbons (Fsp3) is 0.412. The number of carbonyl (C=O) groups excluding carboxylic acids is 1. The van der Waals surface area contributed by atoms with Crippen LogP contribution in [-0.4, -0.2) is 29.7 Å². The molecule has 1 amide bonds. The molecule has 0 aliphatic carbocycles. The Balaban J connectivity index is 2.82. The lowest BCUT2D eigenvalue weighted by molar-refractivity contribution is -0.144. The van der Waals surface area contributed by atoms with Gasteiger partial charge in [-0.1, -0.05) is 35.4 Å². The zero-order valence-corrected chi connectivity index (χ0v) is 13.3. The zero-order chi connectivity index (χ0) is 16.7. The van der Waals surface area contributed by atoms with Crippen molar-refractivity contribution in [3.63, 3.8) is 0 Å². The van der Waals surface area contributed by atoms with Crippen molar-refractivity contribution in [2.24, 2.45) is 0 Å². The van der Waals surface area contributed by atoms with E-state index in [1.54, 1.807) is 25.1 Å². The first kappa shape index (κ1) is 17.9. The van der Waals surface area contributed by atoms with Crippen LogP contribution in [0.25, 0.3) is 0 Å². The minimum absolute atomic E-state index is 0.374. The van der Waals surface area contributed by atoms with E-state index in [2.05, 4.69) is 11.9 Å². The van der Waals surface area contributed by atoms with Gasteiger partial charge in [0.25, 0.3) is 0 Å². The number of rotatable bonds is 8. The van der Waals surface area contributed by atoms with Gasteiger partial charge in [0.1, 0.15) is 6.10 Å². The molecular weight excluding hydrogens is 282 g/mol. The van der Waals surface area contributed by atoms with E-state index < -0.39 is 24.0 Å². The fourth-order valence-electron chi connectivity index (χ4n) is 2.13. The van der Waals surface area contributed by atoms with Gasteiger partial charge in [0.2, 0.25) is 5.91 Å². The Morgan fingerprint density at radius 3 is 2.41 bits per heavy atom. The van der Waals surface area contributed by atoms with Crippen LogP contribution in [0, 0.1) is 13.8 Å². The van der Waals surface area contributed by atoms with Crippen molar-refractivity contribution in [3.05, 3.63) is 47.5 Å². The molecule has 0 saturated heterocycles. The van der Waals surface area contributed by atoms with Crippen molar-refractivity contribution < 1.29 is 19.4 Å². The van der Waals surface area contributed by atoms with E-state index in [1.165, 1.54) is 0 Å². The molecule has 0 heterocycles. The Morgan fingerprint density at radius 1 is 1.32 bits per heavy atom. The van der Waals surface area contributed by atoms with Gasteiger partial charge >= 0.3 is 5.97 Å². The summed E-state index contributed by atoms with van der Waals surface area (Å²) in [5.74, 6) is -1.55. The number of amides is 1. The van der Waals surface area contributed by atoms with E-state index in [9.17, 15) is 14.7 Å². The first-order valence-corrected chi connectivity index (χ1v) is 7.19. The minimum Gasteiger partial charge on any atom is -0.479 e. The Hall–Kier alpha value is -2.14. The molecule has 0 fully saturated rings. The lowest BCUT2D eigenvalue weighted by Gasteiger charge is -2.19. The molecule has 0 bridgehead atoms. The number of hydrogen-bond donors (Lipinski definition) is 2. The molecule has 0 radical (unpaired) electrons. The van der Waals surface area contributed by atoms with Crippen LogP contribution in [0.15, 0.2) is 30.9 Å². The quantitative estimate of drug-likeness (QED) is 0.571. The average molecular weight is 305 g/mol. The van der Waals surface area contributed by atoms with Gasteiger partial charge in [-0.25, -0.2) is 4.79 Å². The van der Waals surface area contributed by atoms with E-state index in [-0.39, 0.29) is 0 Å². The van der Waals surface area contributed by atoms with Crippen LogP contribution in [0.1, 0.15) is 36.1 Å². The summed E-state index contributed by atoms with van der Waals surface area (Å²) in [6, 6.07) is 4.38. The van der Waals surface area contributed by atoms with E-state index >= 15 is 0 Å². The number of nitrogens with one attached hydrogen (secondary N) is 1. The van der Waals surface area contributed by atoms with Crippen LogP contribution in [0.2, 0.25) is 0 Å². The molecule has 22 heavy (non-hydrogen) atoms. The summed E-state index contributed by atoms with van der Waals surface area (Å²) in [6.45, 7) is 9.32. The standard InChI is InChI=1S/C17H23NO4/c1-5-6-7-22-13(4)16(19)18-15(17(20)21)14-9-11(2)8-12(3)10-14/h5,8-10,13,15H,1,6-7H2,2-4H3,(H,18,19)(H,20,21). The van der Waals surface area contributed by atoms with E-state index in [1.807, 2.05) is 19.9 Å². The molecule has 0 saturated carbocycles. The Labute approximate surface area is 131 Å². The number of aryl methyl sites for hydroxylation is 2. The van der Waals surface area contributed by atoms with Crippen LogP contribution in [0.4, 0.5) is 0 Å².